The van der Waals surface area contributed by atoms with Crippen LogP contribution < -0.4 is 5.73 Å². The summed E-state index contributed by atoms with van der Waals surface area (Å²) in [7, 11) is 0. The van der Waals surface area contributed by atoms with E-state index < -0.39 is 0 Å². The van der Waals surface area contributed by atoms with Gasteiger partial charge in [-0.2, -0.15) is 0 Å². The second-order valence-electron chi connectivity index (χ2n) is 4.15. The minimum absolute atomic E-state index is 0.109. The van der Waals surface area contributed by atoms with Gasteiger partial charge in [-0.05, 0) is 11.5 Å². The Labute approximate surface area is 109 Å². The number of hydrogen-bond acceptors (Lipinski definition) is 4. The third kappa shape index (κ3) is 2.12. The summed E-state index contributed by atoms with van der Waals surface area (Å²) in [6, 6.07) is 10.1. The molecule has 4 heteroatoms. The topological polar surface area (TPSA) is 51.8 Å². The Morgan fingerprint density at radius 1 is 1.11 bits per heavy atom. The van der Waals surface area contributed by atoms with Gasteiger partial charge in [0.25, 0.3) is 0 Å². The highest BCUT2D eigenvalue weighted by atomic mass is 32.1. The summed E-state index contributed by atoms with van der Waals surface area (Å²) in [6.45, 7) is 0. The van der Waals surface area contributed by atoms with Crippen molar-refractivity contribution in [2.45, 2.75) is 12.5 Å². The van der Waals surface area contributed by atoms with Gasteiger partial charge in [-0.3, -0.25) is 4.98 Å². The molecule has 3 nitrogen and oxygen atoms in total. The van der Waals surface area contributed by atoms with Crippen molar-refractivity contribution in [3.63, 3.8) is 0 Å². The van der Waals surface area contributed by atoms with Crippen molar-refractivity contribution >= 4 is 22.1 Å². The molecular weight excluding hydrogens is 242 g/mol. The number of nitrogens with zero attached hydrogens (tertiary/aromatic N) is 2. The number of aromatic nitrogens is 2. The lowest BCUT2D eigenvalue weighted by molar-refractivity contribution is 0.700. The fraction of sp³-hybridized carbons (Fsp3) is 0.143. The predicted octanol–water partition coefficient (Wildman–Crippen LogP) is 2.93. The molecule has 2 aromatic heterocycles. The SMILES string of the molecule is NC(Cc1nccs1)c1nccc2ccccc12. The van der Waals surface area contributed by atoms with Crippen LogP contribution >= 0.6 is 11.3 Å². The molecule has 0 saturated carbocycles. The average Bonchev–Trinajstić information content (AvgIpc) is 2.91. The molecule has 0 fully saturated rings. The molecule has 3 rings (SSSR count). The van der Waals surface area contributed by atoms with Gasteiger partial charge in [0.2, 0.25) is 0 Å². The van der Waals surface area contributed by atoms with Gasteiger partial charge in [-0.15, -0.1) is 11.3 Å². The third-order valence-corrected chi connectivity index (χ3v) is 3.74. The molecule has 1 unspecified atom stereocenters. The molecule has 1 atom stereocenters. The zero-order valence-electron chi connectivity index (χ0n) is 9.78. The summed E-state index contributed by atoms with van der Waals surface area (Å²) in [5, 5.41) is 5.33. The van der Waals surface area contributed by atoms with E-state index in [0.29, 0.717) is 0 Å². The summed E-state index contributed by atoms with van der Waals surface area (Å²) >= 11 is 1.63. The first kappa shape index (κ1) is 11.3. The number of thiazole rings is 1. The summed E-state index contributed by atoms with van der Waals surface area (Å²) in [5.74, 6) is 0. The van der Waals surface area contributed by atoms with Crippen molar-refractivity contribution in [2.24, 2.45) is 5.73 Å². The summed E-state index contributed by atoms with van der Waals surface area (Å²) in [6.07, 6.45) is 4.36. The summed E-state index contributed by atoms with van der Waals surface area (Å²) in [4.78, 5) is 8.71. The van der Waals surface area contributed by atoms with Crippen LogP contribution in [-0.4, -0.2) is 9.97 Å². The molecule has 0 saturated heterocycles. The Morgan fingerprint density at radius 3 is 2.83 bits per heavy atom. The largest absolute Gasteiger partial charge is 0.322 e. The van der Waals surface area contributed by atoms with Crippen LogP contribution in [0.2, 0.25) is 0 Å². The molecule has 0 radical (unpaired) electrons. The molecular formula is C14H13N3S. The average molecular weight is 255 g/mol. The molecule has 0 aliphatic rings. The number of rotatable bonds is 3. The van der Waals surface area contributed by atoms with E-state index in [4.69, 9.17) is 5.73 Å². The zero-order valence-corrected chi connectivity index (χ0v) is 10.6. The van der Waals surface area contributed by atoms with Crippen molar-refractivity contribution in [3.05, 3.63) is 58.8 Å². The number of hydrogen-bond donors (Lipinski definition) is 1. The van der Waals surface area contributed by atoms with Crippen LogP contribution in [0.1, 0.15) is 16.7 Å². The molecule has 0 spiro atoms. The van der Waals surface area contributed by atoms with Crippen LogP contribution in [-0.2, 0) is 6.42 Å². The molecule has 0 bridgehead atoms. The quantitative estimate of drug-likeness (QED) is 0.783. The van der Waals surface area contributed by atoms with Crippen molar-refractivity contribution in [1.82, 2.24) is 9.97 Å². The summed E-state index contributed by atoms with van der Waals surface area (Å²) in [5.41, 5.74) is 7.20. The van der Waals surface area contributed by atoms with E-state index in [9.17, 15) is 0 Å². The molecule has 90 valence electrons. The molecule has 18 heavy (non-hydrogen) atoms. The molecule has 1 aromatic carbocycles. The maximum atomic E-state index is 6.26. The van der Waals surface area contributed by atoms with Gasteiger partial charge in [0.15, 0.2) is 0 Å². The first-order chi connectivity index (χ1) is 8.84. The minimum Gasteiger partial charge on any atom is -0.322 e. The van der Waals surface area contributed by atoms with E-state index in [1.54, 1.807) is 11.3 Å². The first-order valence-electron chi connectivity index (χ1n) is 5.82. The van der Waals surface area contributed by atoms with Crippen molar-refractivity contribution in [2.75, 3.05) is 0 Å². The Bertz CT molecular complexity index is 644. The molecule has 0 aliphatic heterocycles. The second-order valence-corrected chi connectivity index (χ2v) is 5.13. The lowest BCUT2D eigenvalue weighted by Crippen LogP contribution is -2.15. The highest BCUT2D eigenvalue weighted by Crippen LogP contribution is 2.23. The van der Waals surface area contributed by atoms with Crippen LogP contribution in [0.5, 0.6) is 0 Å². The van der Waals surface area contributed by atoms with Gasteiger partial charge in [0, 0.05) is 29.6 Å². The first-order valence-corrected chi connectivity index (χ1v) is 6.70. The molecule has 2 heterocycles. The highest BCUT2D eigenvalue weighted by molar-refractivity contribution is 7.09. The Kier molecular flexibility index (Phi) is 3.04. The van der Waals surface area contributed by atoms with E-state index in [0.717, 1.165) is 22.5 Å². The Balaban J connectivity index is 1.98. The third-order valence-electron chi connectivity index (χ3n) is 2.93. The van der Waals surface area contributed by atoms with Gasteiger partial charge in [0.1, 0.15) is 0 Å². The van der Waals surface area contributed by atoms with Crippen LogP contribution in [0.3, 0.4) is 0 Å². The maximum absolute atomic E-state index is 6.26. The lowest BCUT2D eigenvalue weighted by atomic mass is 10.0. The molecule has 2 N–H and O–H groups in total. The van der Waals surface area contributed by atoms with Gasteiger partial charge in [0.05, 0.1) is 16.7 Å². The van der Waals surface area contributed by atoms with E-state index >= 15 is 0 Å². The van der Waals surface area contributed by atoms with Crippen molar-refractivity contribution < 1.29 is 0 Å². The van der Waals surface area contributed by atoms with Gasteiger partial charge in [-0.1, -0.05) is 24.3 Å². The Hall–Kier alpha value is -1.78. The Morgan fingerprint density at radius 2 is 2.00 bits per heavy atom. The summed E-state index contributed by atoms with van der Waals surface area (Å²) < 4.78 is 0. The zero-order chi connectivity index (χ0) is 12.4. The minimum atomic E-state index is -0.109. The van der Waals surface area contributed by atoms with Gasteiger partial charge < -0.3 is 5.73 Å². The van der Waals surface area contributed by atoms with Gasteiger partial charge >= 0.3 is 0 Å². The van der Waals surface area contributed by atoms with Crippen LogP contribution in [0.4, 0.5) is 0 Å². The number of benzene rings is 1. The van der Waals surface area contributed by atoms with E-state index in [1.165, 1.54) is 5.39 Å². The normalized spacial score (nSPS) is 12.7. The van der Waals surface area contributed by atoms with Crippen molar-refractivity contribution in [1.29, 1.82) is 0 Å². The fourth-order valence-corrected chi connectivity index (χ4v) is 2.75. The highest BCUT2D eigenvalue weighted by Gasteiger charge is 2.13. The van der Waals surface area contributed by atoms with E-state index in [1.807, 2.05) is 36.0 Å². The second kappa shape index (κ2) is 4.84. The smallest absolute Gasteiger partial charge is 0.0944 e. The molecule has 0 aliphatic carbocycles. The fourth-order valence-electron chi connectivity index (χ4n) is 2.08. The molecule has 0 amide bonds. The maximum Gasteiger partial charge on any atom is 0.0944 e. The van der Waals surface area contributed by atoms with Crippen LogP contribution in [0, 0.1) is 0 Å². The number of nitrogens with two attached hydrogens (primary N) is 1. The monoisotopic (exact) mass is 255 g/mol. The van der Waals surface area contributed by atoms with Crippen LogP contribution in [0.15, 0.2) is 48.1 Å². The molecule has 3 aromatic rings. The van der Waals surface area contributed by atoms with Gasteiger partial charge in [-0.25, -0.2) is 4.98 Å². The standard InChI is InChI=1S/C14H13N3S/c15-12(9-13-16-7-8-18-13)14-11-4-2-1-3-10(11)5-6-17-14/h1-8,12H,9,15H2. The van der Waals surface area contributed by atoms with E-state index in [2.05, 4.69) is 22.1 Å². The number of pyridine rings is 1. The number of fused-ring (bicyclic) bond motifs is 1. The lowest BCUT2D eigenvalue weighted by Gasteiger charge is -2.12. The van der Waals surface area contributed by atoms with E-state index in [-0.39, 0.29) is 6.04 Å². The van der Waals surface area contributed by atoms with Crippen molar-refractivity contribution in [3.8, 4) is 0 Å². The van der Waals surface area contributed by atoms with Crippen LogP contribution in [0.25, 0.3) is 10.8 Å². The predicted molar refractivity (Wildman–Crippen MR) is 74.5 cm³/mol.